The molecule has 0 bridgehead atoms. The molecule has 3 N–H and O–H groups in total. The number of benzene rings is 1. The molecule has 0 radical (unpaired) electrons. The number of hydrogen-bond acceptors (Lipinski definition) is 3. The molecule has 2 aromatic heterocycles. The van der Waals surface area contributed by atoms with Crippen molar-refractivity contribution in [2.24, 2.45) is 5.73 Å². The van der Waals surface area contributed by atoms with Crippen LogP contribution in [0, 0.1) is 19.3 Å². The van der Waals surface area contributed by atoms with Gasteiger partial charge in [-0.3, -0.25) is 9.98 Å². The van der Waals surface area contributed by atoms with Crippen molar-refractivity contribution in [1.82, 2.24) is 14.5 Å². The number of fused-ring (bicyclic) bond motifs is 1. The summed E-state index contributed by atoms with van der Waals surface area (Å²) in [5.41, 5.74) is 10.5. The maximum absolute atomic E-state index is 7.38. The Balaban J connectivity index is 2.14. The summed E-state index contributed by atoms with van der Waals surface area (Å²) in [5.74, 6) is 0.784. The molecule has 3 rings (SSSR count). The van der Waals surface area contributed by atoms with E-state index in [0.29, 0.717) is 5.56 Å². The van der Waals surface area contributed by atoms with Crippen molar-refractivity contribution in [2.45, 2.75) is 13.8 Å². The van der Waals surface area contributed by atoms with Gasteiger partial charge in [-0.2, -0.15) is 0 Å². The zero-order valence-electron chi connectivity index (χ0n) is 11.4. The van der Waals surface area contributed by atoms with Gasteiger partial charge in [-0.05, 0) is 49.2 Å². The molecule has 0 unspecified atom stereocenters. The zero-order chi connectivity index (χ0) is 14.3. The van der Waals surface area contributed by atoms with Gasteiger partial charge in [0.2, 0.25) is 0 Å². The predicted octanol–water partition coefficient (Wildman–Crippen LogP) is 2.32. The van der Waals surface area contributed by atoms with Gasteiger partial charge in [0.05, 0.1) is 11.0 Å². The van der Waals surface area contributed by atoms with Crippen molar-refractivity contribution in [3.63, 3.8) is 0 Å². The van der Waals surface area contributed by atoms with E-state index in [0.717, 1.165) is 16.9 Å². The lowest BCUT2D eigenvalue weighted by Gasteiger charge is -2.06. The Morgan fingerprint density at radius 3 is 2.55 bits per heavy atom. The molecule has 0 saturated carbocycles. The fourth-order valence-corrected chi connectivity index (χ4v) is 2.13. The van der Waals surface area contributed by atoms with Gasteiger partial charge in [-0.1, -0.05) is 0 Å². The smallest absolute Gasteiger partial charge is 0.138 e. The molecule has 0 aliphatic rings. The average molecular weight is 265 g/mol. The van der Waals surface area contributed by atoms with Crippen LogP contribution in [0.4, 0.5) is 0 Å². The first kappa shape index (κ1) is 12.3. The molecule has 0 fully saturated rings. The van der Waals surface area contributed by atoms with E-state index in [1.54, 1.807) is 18.6 Å². The third-order valence-electron chi connectivity index (χ3n) is 3.47. The van der Waals surface area contributed by atoms with Crippen LogP contribution in [0.2, 0.25) is 0 Å². The summed E-state index contributed by atoms with van der Waals surface area (Å²) >= 11 is 0. The van der Waals surface area contributed by atoms with E-state index >= 15 is 0 Å². The van der Waals surface area contributed by atoms with Gasteiger partial charge in [-0.25, -0.2) is 9.97 Å². The number of rotatable bonds is 2. The van der Waals surface area contributed by atoms with Crippen LogP contribution >= 0.6 is 0 Å². The predicted molar refractivity (Wildman–Crippen MR) is 79.4 cm³/mol. The lowest BCUT2D eigenvalue weighted by molar-refractivity contribution is 1.02. The quantitative estimate of drug-likeness (QED) is 0.551. The largest absolute Gasteiger partial charge is 0.384 e. The molecular formula is C15H15N5. The third-order valence-corrected chi connectivity index (χ3v) is 3.47. The van der Waals surface area contributed by atoms with E-state index in [-0.39, 0.29) is 5.84 Å². The van der Waals surface area contributed by atoms with Gasteiger partial charge in [-0.15, -0.1) is 0 Å². The molecule has 20 heavy (non-hydrogen) atoms. The van der Waals surface area contributed by atoms with E-state index < -0.39 is 0 Å². The third kappa shape index (κ3) is 1.93. The van der Waals surface area contributed by atoms with Crippen molar-refractivity contribution >= 4 is 16.9 Å². The summed E-state index contributed by atoms with van der Waals surface area (Å²) in [6.45, 7) is 4.16. The number of amidine groups is 1. The molecule has 0 amide bonds. The Labute approximate surface area is 116 Å². The summed E-state index contributed by atoms with van der Waals surface area (Å²) in [7, 11) is 0. The molecule has 0 atom stereocenters. The van der Waals surface area contributed by atoms with Gasteiger partial charge in [0, 0.05) is 11.8 Å². The first-order chi connectivity index (χ1) is 9.56. The highest BCUT2D eigenvalue weighted by atomic mass is 15.1. The molecule has 100 valence electrons. The molecule has 1 aromatic carbocycles. The van der Waals surface area contributed by atoms with Gasteiger partial charge in [0.25, 0.3) is 0 Å². The molecule has 5 nitrogen and oxygen atoms in total. The molecule has 0 aliphatic heterocycles. The topological polar surface area (TPSA) is 80.6 Å². The summed E-state index contributed by atoms with van der Waals surface area (Å²) in [5, 5.41) is 7.38. The van der Waals surface area contributed by atoms with Crippen LogP contribution in [0.3, 0.4) is 0 Å². The Morgan fingerprint density at radius 1 is 1.15 bits per heavy atom. The fourth-order valence-electron chi connectivity index (χ4n) is 2.13. The number of hydrogen-bond donors (Lipinski definition) is 2. The van der Waals surface area contributed by atoms with Gasteiger partial charge < -0.3 is 5.73 Å². The molecule has 0 saturated heterocycles. The minimum absolute atomic E-state index is 0.0195. The monoisotopic (exact) mass is 265 g/mol. The fraction of sp³-hybridized carbons (Fsp3) is 0.133. The van der Waals surface area contributed by atoms with E-state index in [1.807, 2.05) is 10.6 Å². The van der Waals surface area contributed by atoms with E-state index in [9.17, 15) is 0 Å². The van der Waals surface area contributed by atoms with Crippen molar-refractivity contribution in [2.75, 3.05) is 0 Å². The number of nitrogen functional groups attached to an aromatic ring is 1. The molecule has 0 spiro atoms. The van der Waals surface area contributed by atoms with Gasteiger partial charge >= 0.3 is 0 Å². The SMILES string of the molecule is Cc1cc2ncn(-c3ccc(C(=N)N)cn3)c2cc1C. The van der Waals surface area contributed by atoms with Crippen LogP contribution in [0.1, 0.15) is 16.7 Å². The second-order valence-corrected chi connectivity index (χ2v) is 4.86. The Kier molecular flexibility index (Phi) is 2.75. The molecule has 2 heterocycles. The number of nitrogens with zero attached hydrogens (tertiary/aromatic N) is 3. The second kappa shape index (κ2) is 4.45. The van der Waals surface area contributed by atoms with E-state index in [1.165, 1.54) is 11.1 Å². The van der Waals surface area contributed by atoms with Crippen LogP contribution in [0.25, 0.3) is 16.9 Å². The first-order valence-electron chi connectivity index (χ1n) is 6.31. The van der Waals surface area contributed by atoms with Crippen LogP contribution in [-0.2, 0) is 0 Å². The van der Waals surface area contributed by atoms with Crippen molar-refractivity contribution in [3.8, 4) is 5.82 Å². The Bertz CT molecular complexity index is 799. The number of aryl methyl sites for hydroxylation is 2. The summed E-state index contributed by atoms with van der Waals surface area (Å²) in [6.07, 6.45) is 3.36. The summed E-state index contributed by atoms with van der Waals surface area (Å²) in [6, 6.07) is 7.81. The highest BCUT2D eigenvalue weighted by Gasteiger charge is 2.08. The zero-order valence-corrected chi connectivity index (χ0v) is 11.4. The van der Waals surface area contributed by atoms with Crippen LogP contribution < -0.4 is 5.73 Å². The lowest BCUT2D eigenvalue weighted by Crippen LogP contribution is -2.11. The highest BCUT2D eigenvalue weighted by Crippen LogP contribution is 2.20. The second-order valence-electron chi connectivity index (χ2n) is 4.86. The van der Waals surface area contributed by atoms with Crippen molar-refractivity contribution < 1.29 is 0 Å². The highest BCUT2D eigenvalue weighted by molar-refractivity contribution is 5.94. The minimum atomic E-state index is 0.0195. The Morgan fingerprint density at radius 2 is 1.90 bits per heavy atom. The lowest BCUT2D eigenvalue weighted by atomic mass is 10.1. The summed E-state index contributed by atoms with van der Waals surface area (Å²) < 4.78 is 1.94. The Hall–Kier alpha value is -2.69. The molecule has 3 aromatic rings. The number of aromatic nitrogens is 3. The normalized spacial score (nSPS) is 10.9. The van der Waals surface area contributed by atoms with E-state index in [2.05, 4.69) is 35.9 Å². The van der Waals surface area contributed by atoms with Gasteiger partial charge in [0.15, 0.2) is 0 Å². The van der Waals surface area contributed by atoms with E-state index in [4.69, 9.17) is 11.1 Å². The molecular weight excluding hydrogens is 250 g/mol. The maximum Gasteiger partial charge on any atom is 0.138 e. The number of nitrogens with one attached hydrogen (secondary N) is 1. The number of imidazole rings is 1. The average Bonchev–Trinajstić information content (AvgIpc) is 2.82. The van der Waals surface area contributed by atoms with Crippen LogP contribution in [0.15, 0.2) is 36.8 Å². The number of nitrogens with two attached hydrogens (primary N) is 1. The van der Waals surface area contributed by atoms with Crippen molar-refractivity contribution in [1.29, 1.82) is 5.41 Å². The minimum Gasteiger partial charge on any atom is -0.384 e. The molecule has 5 heteroatoms. The van der Waals surface area contributed by atoms with Crippen LogP contribution in [-0.4, -0.2) is 20.4 Å². The van der Waals surface area contributed by atoms with Gasteiger partial charge in [0.1, 0.15) is 18.0 Å². The van der Waals surface area contributed by atoms with Crippen molar-refractivity contribution in [3.05, 3.63) is 53.5 Å². The molecule has 0 aliphatic carbocycles. The van der Waals surface area contributed by atoms with Crippen LogP contribution in [0.5, 0.6) is 0 Å². The standard InChI is InChI=1S/C15H15N5/c1-9-5-12-13(6-10(9)2)20(8-19-12)14-4-3-11(7-18-14)15(16)17/h3-8H,1-2H3,(H3,16,17). The maximum atomic E-state index is 7.38. The summed E-state index contributed by atoms with van der Waals surface area (Å²) in [4.78, 5) is 8.76. The first-order valence-corrected chi connectivity index (χ1v) is 6.31. The number of pyridine rings is 1.